The van der Waals surface area contributed by atoms with Crippen LogP contribution < -0.4 is 9.64 Å². The molecule has 2 aliphatic carbocycles. The maximum atomic E-state index is 6.83. The first-order valence-corrected chi connectivity index (χ1v) is 18.7. The van der Waals surface area contributed by atoms with Gasteiger partial charge in [-0.15, -0.1) is 0 Å². The Bertz CT molecular complexity index is 2810. The molecule has 2 nitrogen and oxygen atoms in total. The van der Waals surface area contributed by atoms with E-state index >= 15 is 0 Å². The first-order valence-electron chi connectivity index (χ1n) is 18.7. The van der Waals surface area contributed by atoms with Crippen LogP contribution in [-0.2, 0) is 5.41 Å². The number of anilines is 3. The Balaban J connectivity index is 1.10. The standard InChI is InChI=1S/C51H37NO/c1-51(2)47-19-11-10-17-41(47)42-26-23-37(30-48(42)51)52(35-22-25-39-34(28-35)21-20-33-14-6-7-15-38(33)39)36-24-27-49-45(29-36)46-31-44(32-12-4-3-5-13-32)40-16-8-9-18-43(40)50(46)53-49/h3-31,46,50H,1-2H3. The number of nitrogens with zero attached hydrogens (tertiary/aromatic N) is 1. The molecule has 8 aromatic rings. The van der Waals surface area contributed by atoms with Crippen molar-refractivity contribution in [2.45, 2.75) is 31.3 Å². The summed E-state index contributed by atoms with van der Waals surface area (Å²) in [6, 6.07) is 62.4. The van der Waals surface area contributed by atoms with Crippen LogP contribution in [-0.4, -0.2) is 0 Å². The van der Waals surface area contributed by atoms with Crippen molar-refractivity contribution in [3.63, 3.8) is 0 Å². The predicted octanol–water partition coefficient (Wildman–Crippen LogP) is 13.4. The topological polar surface area (TPSA) is 12.5 Å². The number of fused-ring (bicyclic) bond motifs is 11. The van der Waals surface area contributed by atoms with Crippen molar-refractivity contribution in [1.82, 2.24) is 0 Å². The molecule has 0 bridgehead atoms. The highest BCUT2D eigenvalue weighted by Crippen LogP contribution is 2.55. The van der Waals surface area contributed by atoms with Gasteiger partial charge in [0.05, 0.1) is 0 Å². The molecule has 3 aliphatic rings. The summed E-state index contributed by atoms with van der Waals surface area (Å²) in [5.41, 5.74) is 14.9. The molecule has 1 aliphatic heterocycles. The molecule has 2 unspecified atom stereocenters. The fourth-order valence-corrected chi connectivity index (χ4v) is 9.40. The minimum atomic E-state index is -0.108. The quantitative estimate of drug-likeness (QED) is 0.172. The Labute approximate surface area is 310 Å². The summed E-state index contributed by atoms with van der Waals surface area (Å²) in [5.74, 6) is 1.05. The zero-order valence-corrected chi connectivity index (χ0v) is 29.8. The maximum absolute atomic E-state index is 6.83. The van der Waals surface area contributed by atoms with Gasteiger partial charge in [-0.2, -0.15) is 0 Å². The fourth-order valence-electron chi connectivity index (χ4n) is 9.40. The van der Waals surface area contributed by atoms with Crippen LogP contribution in [0.15, 0.2) is 176 Å². The van der Waals surface area contributed by atoms with Crippen LogP contribution in [0, 0.1) is 0 Å². The zero-order valence-electron chi connectivity index (χ0n) is 29.8. The second-order valence-electron chi connectivity index (χ2n) is 15.2. The van der Waals surface area contributed by atoms with Gasteiger partial charge in [0.15, 0.2) is 0 Å². The van der Waals surface area contributed by atoms with Crippen LogP contribution in [0.2, 0.25) is 0 Å². The summed E-state index contributed by atoms with van der Waals surface area (Å²) >= 11 is 0. The van der Waals surface area contributed by atoms with Crippen LogP contribution in [0.4, 0.5) is 17.1 Å². The van der Waals surface area contributed by atoms with Crippen LogP contribution in [0.1, 0.15) is 59.3 Å². The summed E-state index contributed by atoms with van der Waals surface area (Å²) in [5, 5.41) is 5.03. The Hall–Kier alpha value is -6.38. The van der Waals surface area contributed by atoms with Crippen molar-refractivity contribution in [3.05, 3.63) is 209 Å². The first kappa shape index (κ1) is 30.3. The Morgan fingerprint density at radius 2 is 1.15 bits per heavy atom. The molecule has 0 saturated carbocycles. The highest BCUT2D eigenvalue weighted by atomic mass is 16.5. The molecular formula is C51H37NO. The number of benzene rings is 8. The van der Waals surface area contributed by atoms with Gasteiger partial charge in [0.2, 0.25) is 0 Å². The molecule has 0 aromatic heterocycles. The lowest BCUT2D eigenvalue weighted by molar-refractivity contribution is 0.223. The van der Waals surface area contributed by atoms with Crippen molar-refractivity contribution in [1.29, 1.82) is 0 Å². The van der Waals surface area contributed by atoms with Gasteiger partial charge in [-0.25, -0.2) is 0 Å². The smallest absolute Gasteiger partial charge is 0.135 e. The van der Waals surface area contributed by atoms with Gasteiger partial charge >= 0.3 is 0 Å². The van der Waals surface area contributed by atoms with Crippen LogP contribution >= 0.6 is 0 Å². The van der Waals surface area contributed by atoms with E-state index in [0.717, 1.165) is 22.8 Å². The van der Waals surface area contributed by atoms with E-state index in [9.17, 15) is 0 Å². The summed E-state index contributed by atoms with van der Waals surface area (Å²) in [7, 11) is 0. The minimum Gasteiger partial charge on any atom is -0.484 e. The third-order valence-electron chi connectivity index (χ3n) is 12.0. The Morgan fingerprint density at radius 1 is 0.491 bits per heavy atom. The molecule has 1 heterocycles. The van der Waals surface area contributed by atoms with Crippen molar-refractivity contribution in [2.75, 3.05) is 4.90 Å². The summed E-state index contributed by atoms with van der Waals surface area (Å²) in [6.45, 7) is 4.72. The average molecular weight is 680 g/mol. The molecular weight excluding hydrogens is 643 g/mol. The molecule has 0 spiro atoms. The average Bonchev–Trinajstić information content (AvgIpc) is 3.69. The van der Waals surface area contributed by atoms with E-state index in [1.54, 1.807) is 0 Å². The predicted molar refractivity (Wildman–Crippen MR) is 220 cm³/mol. The maximum Gasteiger partial charge on any atom is 0.135 e. The highest BCUT2D eigenvalue weighted by molar-refractivity contribution is 6.08. The fraction of sp³-hybridized carbons (Fsp3) is 0.0980. The molecule has 0 saturated heterocycles. The second kappa shape index (κ2) is 11.3. The van der Waals surface area contributed by atoms with Gasteiger partial charge in [-0.05, 0) is 103 Å². The van der Waals surface area contributed by atoms with Crippen LogP contribution in [0.5, 0.6) is 5.75 Å². The lowest BCUT2D eigenvalue weighted by Crippen LogP contribution is -2.17. The van der Waals surface area contributed by atoms with E-state index in [1.165, 1.54) is 71.6 Å². The molecule has 0 N–H and O–H groups in total. The van der Waals surface area contributed by atoms with Gasteiger partial charge in [0.1, 0.15) is 11.9 Å². The lowest BCUT2D eigenvalue weighted by atomic mass is 9.78. The monoisotopic (exact) mass is 679 g/mol. The van der Waals surface area contributed by atoms with E-state index in [4.69, 9.17) is 4.74 Å². The molecule has 0 radical (unpaired) electrons. The molecule has 0 fully saturated rings. The SMILES string of the molecule is CC1(C)c2ccccc2-c2ccc(N(c3ccc4c(c3)C3C=C(c5ccccc5)c5ccccc5C3O4)c3ccc4c(ccc5ccccc54)c3)cc21. The number of hydrogen-bond acceptors (Lipinski definition) is 2. The third-order valence-corrected chi connectivity index (χ3v) is 12.0. The number of rotatable bonds is 4. The zero-order chi connectivity index (χ0) is 35.3. The summed E-state index contributed by atoms with van der Waals surface area (Å²) in [4.78, 5) is 2.44. The molecule has 2 atom stereocenters. The Kier molecular flexibility index (Phi) is 6.46. The lowest BCUT2D eigenvalue weighted by Gasteiger charge is -2.29. The molecule has 2 heteroatoms. The summed E-state index contributed by atoms with van der Waals surface area (Å²) < 4.78 is 6.83. The minimum absolute atomic E-state index is 0.0643. The molecule has 8 aromatic carbocycles. The van der Waals surface area contributed by atoms with E-state index in [0.29, 0.717) is 0 Å². The number of ether oxygens (including phenoxy) is 1. The van der Waals surface area contributed by atoms with Gasteiger partial charge in [0, 0.05) is 39.5 Å². The number of hydrogen-bond donors (Lipinski definition) is 0. The van der Waals surface area contributed by atoms with E-state index < -0.39 is 0 Å². The van der Waals surface area contributed by atoms with Crippen molar-refractivity contribution in [2.24, 2.45) is 0 Å². The third kappa shape index (κ3) is 4.52. The molecule has 11 rings (SSSR count). The van der Waals surface area contributed by atoms with Gasteiger partial charge in [-0.3, -0.25) is 0 Å². The van der Waals surface area contributed by atoms with E-state index in [1.807, 2.05) is 0 Å². The van der Waals surface area contributed by atoms with Crippen molar-refractivity contribution < 1.29 is 4.74 Å². The largest absolute Gasteiger partial charge is 0.484 e. The van der Waals surface area contributed by atoms with Gasteiger partial charge in [0.25, 0.3) is 0 Å². The van der Waals surface area contributed by atoms with Crippen LogP contribution in [0.25, 0.3) is 38.2 Å². The van der Waals surface area contributed by atoms with E-state index in [2.05, 4.69) is 195 Å². The Morgan fingerprint density at radius 3 is 2.06 bits per heavy atom. The molecule has 53 heavy (non-hydrogen) atoms. The van der Waals surface area contributed by atoms with Crippen molar-refractivity contribution in [3.8, 4) is 16.9 Å². The van der Waals surface area contributed by atoms with Gasteiger partial charge in [-0.1, -0.05) is 147 Å². The normalized spacial score (nSPS) is 17.3. The van der Waals surface area contributed by atoms with E-state index in [-0.39, 0.29) is 17.4 Å². The van der Waals surface area contributed by atoms with Crippen molar-refractivity contribution >= 4 is 44.2 Å². The molecule has 252 valence electrons. The van der Waals surface area contributed by atoms with Crippen LogP contribution in [0.3, 0.4) is 0 Å². The summed E-state index contributed by atoms with van der Waals surface area (Å²) in [6.07, 6.45) is 2.38. The van der Waals surface area contributed by atoms with Gasteiger partial charge < -0.3 is 9.64 Å². The second-order valence-corrected chi connectivity index (χ2v) is 15.2. The highest BCUT2D eigenvalue weighted by Gasteiger charge is 2.40. The first-order chi connectivity index (χ1) is 26.0. The molecule has 0 amide bonds.